The molecule has 0 fully saturated rings. The van der Waals surface area contributed by atoms with Crippen molar-refractivity contribution in [2.75, 3.05) is 7.11 Å². The molecule has 1 atom stereocenters. The first-order valence-electron chi connectivity index (χ1n) is 6.93. The molecule has 112 valence electrons. The Kier molecular flexibility index (Phi) is 3.74. The van der Waals surface area contributed by atoms with E-state index in [4.69, 9.17) is 4.74 Å². The first-order chi connectivity index (χ1) is 10.7. The van der Waals surface area contributed by atoms with Gasteiger partial charge < -0.3 is 9.30 Å². The predicted molar refractivity (Wildman–Crippen MR) is 82.4 cm³/mol. The van der Waals surface area contributed by atoms with Gasteiger partial charge in [0.25, 0.3) is 5.56 Å². The van der Waals surface area contributed by atoms with E-state index in [-0.39, 0.29) is 11.6 Å². The summed E-state index contributed by atoms with van der Waals surface area (Å²) in [6, 6.07) is 12.9. The van der Waals surface area contributed by atoms with Gasteiger partial charge in [0.15, 0.2) is 5.75 Å². The van der Waals surface area contributed by atoms with Crippen LogP contribution in [0.2, 0.25) is 0 Å². The van der Waals surface area contributed by atoms with Gasteiger partial charge >= 0.3 is 0 Å². The molecule has 0 saturated carbocycles. The molecule has 0 aliphatic carbocycles. The van der Waals surface area contributed by atoms with Crippen LogP contribution in [0.3, 0.4) is 0 Å². The van der Waals surface area contributed by atoms with Gasteiger partial charge in [-0.15, -0.1) is 5.10 Å². The van der Waals surface area contributed by atoms with Crippen molar-refractivity contribution < 1.29 is 4.74 Å². The van der Waals surface area contributed by atoms with E-state index >= 15 is 0 Å². The van der Waals surface area contributed by atoms with E-state index in [9.17, 15) is 4.79 Å². The zero-order valence-electron chi connectivity index (χ0n) is 12.4. The zero-order valence-corrected chi connectivity index (χ0v) is 12.4. The molecule has 0 N–H and O–H groups in total. The number of nitrogens with zero attached hydrogens (tertiary/aromatic N) is 4. The summed E-state index contributed by atoms with van der Waals surface area (Å²) in [4.78, 5) is 12.3. The zero-order chi connectivity index (χ0) is 15.5. The van der Waals surface area contributed by atoms with Gasteiger partial charge in [0, 0.05) is 6.20 Å². The van der Waals surface area contributed by atoms with Crippen molar-refractivity contribution >= 4 is 0 Å². The Morgan fingerprint density at radius 1 is 1.14 bits per heavy atom. The molecule has 3 rings (SSSR count). The summed E-state index contributed by atoms with van der Waals surface area (Å²) in [7, 11) is 1.48. The van der Waals surface area contributed by atoms with Crippen molar-refractivity contribution in [1.82, 2.24) is 19.6 Å². The summed E-state index contributed by atoms with van der Waals surface area (Å²) < 4.78 is 8.34. The highest BCUT2D eigenvalue weighted by atomic mass is 16.5. The number of aromatic nitrogens is 4. The van der Waals surface area contributed by atoms with E-state index in [1.54, 1.807) is 27.6 Å². The molecule has 2 heterocycles. The maximum Gasteiger partial charge on any atom is 0.293 e. The molecule has 0 amide bonds. The monoisotopic (exact) mass is 296 g/mol. The van der Waals surface area contributed by atoms with E-state index in [0.717, 1.165) is 5.69 Å². The fraction of sp³-hybridized carbons (Fsp3) is 0.188. The highest BCUT2D eigenvalue weighted by Gasteiger charge is 2.15. The van der Waals surface area contributed by atoms with Crippen molar-refractivity contribution in [3.8, 4) is 11.4 Å². The molecule has 0 saturated heterocycles. The van der Waals surface area contributed by atoms with Crippen LogP contribution >= 0.6 is 0 Å². The molecule has 2 aromatic heterocycles. The third-order valence-corrected chi connectivity index (χ3v) is 3.54. The third kappa shape index (κ3) is 2.50. The average molecular weight is 296 g/mol. The minimum absolute atomic E-state index is 0.188. The van der Waals surface area contributed by atoms with E-state index in [0.29, 0.717) is 11.4 Å². The van der Waals surface area contributed by atoms with Gasteiger partial charge in [-0.2, -0.15) is 0 Å². The molecule has 0 spiro atoms. The van der Waals surface area contributed by atoms with Gasteiger partial charge in [-0.25, -0.2) is 4.68 Å². The van der Waals surface area contributed by atoms with Crippen LogP contribution in [0.25, 0.3) is 5.69 Å². The van der Waals surface area contributed by atoms with E-state index in [2.05, 4.69) is 10.3 Å². The number of pyridine rings is 1. The fourth-order valence-electron chi connectivity index (χ4n) is 2.27. The van der Waals surface area contributed by atoms with Crippen molar-refractivity contribution in [1.29, 1.82) is 0 Å². The summed E-state index contributed by atoms with van der Waals surface area (Å²) in [5, 5.41) is 8.30. The largest absolute Gasteiger partial charge is 0.491 e. The average Bonchev–Trinajstić information content (AvgIpc) is 3.05. The van der Waals surface area contributed by atoms with Gasteiger partial charge in [-0.3, -0.25) is 4.79 Å². The number of benzene rings is 1. The second-order valence-corrected chi connectivity index (χ2v) is 4.89. The minimum atomic E-state index is -0.236. The van der Waals surface area contributed by atoms with Crippen molar-refractivity contribution in [3.63, 3.8) is 0 Å². The van der Waals surface area contributed by atoms with Gasteiger partial charge in [0.05, 0.1) is 25.0 Å². The molecule has 0 aliphatic heterocycles. The lowest BCUT2D eigenvalue weighted by Gasteiger charge is -2.13. The van der Waals surface area contributed by atoms with E-state index < -0.39 is 0 Å². The number of para-hydroxylation sites is 1. The second-order valence-electron chi connectivity index (χ2n) is 4.89. The van der Waals surface area contributed by atoms with Gasteiger partial charge in [-0.1, -0.05) is 23.4 Å². The van der Waals surface area contributed by atoms with Gasteiger partial charge in [0.1, 0.15) is 5.69 Å². The fourth-order valence-corrected chi connectivity index (χ4v) is 2.27. The number of rotatable bonds is 4. The maximum atomic E-state index is 12.3. The first-order valence-corrected chi connectivity index (χ1v) is 6.93. The van der Waals surface area contributed by atoms with E-state index in [1.807, 2.05) is 43.5 Å². The molecule has 0 aliphatic rings. The third-order valence-electron chi connectivity index (χ3n) is 3.54. The Morgan fingerprint density at radius 3 is 2.64 bits per heavy atom. The predicted octanol–water partition coefficient (Wildman–Crippen LogP) is 2.05. The molecular weight excluding hydrogens is 280 g/mol. The van der Waals surface area contributed by atoms with Crippen molar-refractivity contribution in [2.45, 2.75) is 13.0 Å². The molecule has 1 unspecified atom stereocenters. The topological polar surface area (TPSA) is 61.9 Å². The van der Waals surface area contributed by atoms with Crippen LogP contribution in [-0.4, -0.2) is 26.7 Å². The SMILES string of the molecule is COc1cccn(C(C)c2cn(-c3ccccc3)nn2)c1=O. The highest BCUT2D eigenvalue weighted by molar-refractivity contribution is 5.30. The number of ether oxygens (including phenoxy) is 1. The van der Waals surface area contributed by atoms with Gasteiger partial charge in [0.2, 0.25) is 0 Å². The molecule has 22 heavy (non-hydrogen) atoms. The van der Waals surface area contributed by atoms with Crippen LogP contribution in [0.1, 0.15) is 18.7 Å². The normalized spacial score (nSPS) is 12.1. The quantitative estimate of drug-likeness (QED) is 0.739. The lowest BCUT2D eigenvalue weighted by molar-refractivity contribution is 0.400. The van der Waals surface area contributed by atoms with Crippen LogP contribution < -0.4 is 10.3 Å². The van der Waals surface area contributed by atoms with Gasteiger partial charge in [-0.05, 0) is 31.2 Å². The van der Waals surface area contributed by atoms with Crippen LogP contribution in [0, 0.1) is 0 Å². The Labute approximate surface area is 127 Å². The molecular formula is C16H16N4O2. The van der Waals surface area contributed by atoms with E-state index in [1.165, 1.54) is 7.11 Å². The summed E-state index contributed by atoms with van der Waals surface area (Å²) in [6.07, 6.45) is 3.54. The molecule has 0 radical (unpaired) electrons. The van der Waals surface area contributed by atoms with Crippen molar-refractivity contribution in [2.24, 2.45) is 0 Å². The van der Waals surface area contributed by atoms with Crippen LogP contribution in [-0.2, 0) is 0 Å². The lowest BCUT2D eigenvalue weighted by atomic mass is 10.2. The summed E-state index contributed by atoms with van der Waals surface area (Å²) >= 11 is 0. The van der Waals surface area contributed by atoms with Crippen molar-refractivity contribution in [3.05, 3.63) is 70.9 Å². The highest BCUT2D eigenvalue weighted by Crippen LogP contribution is 2.16. The smallest absolute Gasteiger partial charge is 0.293 e. The maximum absolute atomic E-state index is 12.3. The number of hydrogen-bond acceptors (Lipinski definition) is 4. The summed E-state index contributed by atoms with van der Waals surface area (Å²) in [6.45, 7) is 1.90. The Balaban J connectivity index is 1.95. The van der Waals surface area contributed by atoms with Crippen LogP contribution in [0.15, 0.2) is 59.7 Å². The van der Waals surface area contributed by atoms with Crippen LogP contribution in [0.4, 0.5) is 0 Å². The number of hydrogen-bond donors (Lipinski definition) is 0. The minimum Gasteiger partial charge on any atom is -0.491 e. The lowest BCUT2D eigenvalue weighted by Crippen LogP contribution is -2.24. The molecule has 6 nitrogen and oxygen atoms in total. The molecule has 1 aromatic carbocycles. The molecule has 3 aromatic rings. The molecule has 0 bridgehead atoms. The van der Waals surface area contributed by atoms with Crippen LogP contribution in [0.5, 0.6) is 5.75 Å². The first kappa shape index (κ1) is 14.1. The Hall–Kier alpha value is -2.89. The molecule has 6 heteroatoms. The summed E-state index contributed by atoms with van der Waals surface area (Å²) in [5.74, 6) is 0.310. The summed E-state index contributed by atoms with van der Waals surface area (Å²) in [5.41, 5.74) is 1.44. The Morgan fingerprint density at radius 2 is 1.91 bits per heavy atom. The number of methoxy groups -OCH3 is 1. The second kappa shape index (κ2) is 5.85. The standard InChI is InChI=1S/C16H16N4O2/c1-12(19-10-6-9-15(22-2)16(19)21)14-11-20(18-17-14)13-7-4-3-5-8-13/h3-12H,1-2H3. The Bertz CT molecular complexity index is 823.